The van der Waals surface area contributed by atoms with Crippen LogP contribution in [0.3, 0.4) is 0 Å². The number of nitrogens with one attached hydrogen (secondary N) is 1. The molecule has 0 aromatic heterocycles. The second kappa shape index (κ2) is 6.60. The van der Waals surface area contributed by atoms with Crippen molar-refractivity contribution in [3.8, 4) is 0 Å². The Morgan fingerprint density at radius 3 is 2.47 bits per heavy atom. The first-order valence-electron chi connectivity index (χ1n) is 6.92. The maximum Gasteiger partial charge on any atom is 0.255 e. The van der Waals surface area contributed by atoms with Gasteiger partial charge in [-0.25, -0.2) is 0 Å². The molecule has 1 aromatic carbocycles. The van der Waals surface area contributed by atoms with Gasteiger partial charge in [0, 0.05) is 25.8 Å². The summed E-state index contributed by atoms with van der Waals surface area (Å²) in [7, 11) is 3.73. The second-order valence-corrected chi connectivity index (χ2v) is 5.69. The highest BCUT2D eigenvalue weighted by atomic mass is 16.2. The third kappa shape index (κ3) is 3.98. The molecule has 3 nitrogen and oxygen atoms in total. The van der Waals surface area contributed by atoms with Crippen LogP contribution in [0.1, 0.15) is 43.1 Å². The molecular weight excluding hydrogens is 236 g/mol. The zero-order valence-corrected chi connectivity index (χ0v) is 12.9. The molecule has 0 saturated carbocycles. The zero-order chi connectivity index (χ0) is 14.6. The highest BCUT2D eigenvalue weighted by Crippen LogP contribution is 2.20. The summed E-state index contributed by atoms with van der Waals surface area (Å²) in [6, 6.07) is 6.14. The van der Waals surface area contributed by atoms with E-state index >= 15 is 0 Å². The summed E-state index contributed by atoms with van der Waals surface area (Å²) in [5.74, 6) is 0.671. The zero-order valence-electron chi connectivity index (χ0n) is 12.9. The molecule has 0 radical (unpaired) electrons. The molecule has 1 amide bonds. The van der Waals surface area contributed by atoms with Crippen molar-refractivity contribution < 1.29 is 4.79 Å². The highest BCUT2D eigenvalue weighted by Gasteiger charge is 2.20. The van der Waals surface area contributed by atoms with Gasteiger partial charge < -0.3 is 10.2 Å². The van der Waals surface area contributed by atoms with Gasteiger partial charge in [0.25, 0.3) is 5.91 Å². The maximum atomic E-state index is 12.5. The first-order chi connectivity index (χ1) is 8.86. The topological polar surface area (TPSA) is 32.3 Å². The number of hydrogen-bond acceptors (Lipinski definition) is 2. The summed E-state index contributed by atoms with van der Waals surface area (Å²) in [5, 5.41) is 3.10. The molecule has 0 bridgehead atoms. The Labute approximate surface area is 117 Å². The summed E-state index contributed by atoms with van der Waals surface area (Å²) in [6.45, 7) is 8.49. The monoisotopic (exact) mass is 262 g/mol. The van der Waals surface area contributed by atoms with E-state index in [1.54, 1.807) is 0 Å². The summed E-state index contributed by atoms with van der Waals surface area (Å²) in [5.41, 5.74) is 2.79. The molecule has 19 heavy (non-hydrogen) atoms. The van der Waals surface area contributed by atoms with Gasteiger partial charge in [-0.2, -0.15) is 0 Å². The smallest absolute Gasteiger partial charge is 0.255 e. The Balaban J connectivity index is 2.93. The molecule has 0 saturated heterocycles. The minimum Gasteiger partial charge on any atom is -0.387 e. The van der Waals surface area contributed by atoms with Crippen LogP contribution in [-0.4, -0.2) is 30.9 Å². The predicted octanol–water partition coefficient (Wildman–Crippen LogP) is 3.54. The van der Waals surface area contributed by atoms with Gasteiger partial charge in [-0.3, -0.25) is 4.79 Å². The van der Waals surface area contributed by atoms with Crippen molar-refractivity contribution in [2.24, 2.45) is 5.92 Å². The number of hydrogen-bond donors (Lipinski definition) is 1. The molecule has 3 heteroatoms. The molecule has 0 aliphatic heterocycles. The van der Waals surface area contributed by atoms with Crippen molar-refractivity contribution in [1.82, 2.24) is 4.90 Å². The number of benzene rings is 1. The van der Waals surface area contributed by atoms with E-state index in [-0.39, 0.29) is 11.9 Å². The summed E-state index contributed by atoms with van der Waals surface area (Å²) in [4.78, 5) is 14.4. The van der Waals surface area contributed by atoms with Crippen molar-refractivity contribution in [3.63, 3.8) is 0 Å². The number of carbonyl (C=O) groups excluding carboxylic acids is 1. The molecule has 0 spiro atoms. The highest BCUT2D eigenvalue weighted by molar-refractivity contribution is 5.99. The summed E-state index contributed by atoms with van der Waals surface area (Å²) in [6.07, 6.45) is 1.02. The van der Waals surface area contributed by atoms with Crippen molar-refractivity contribution in [1.29, 1.82) is 0 Å². The molecule has 1 rings (SSSR count). The van der Waals surface area contributed by atoms with E-state index in [2.05, 4.69) is 26.1 Å². The number of amides is 1. The number of rotatable bonds is 5. The van der Waals surface area contributed by atoms with Crippen molar-refractivity contribution >= 4 is 11.6 Å². The number of anilines is 1. The normalized spacial score (nSPS) is 12.4. The van der Waals surface area contributed by atoms with E-state index in [4.69, 9.17) is 0 Å². The molecule has 0 aliphatic rings. The molecule has 0 heterocycles. The van der Waals surface area contributed by atoms with Crippen LogP contribution in [0.15, 0.2) is 18.2 Å². The fourth-order valence-electron chi connectivity index (χ4n) is 2.28. The fraction of sp³-hybridized carbons (Fsp3) is 0.562. The van der Waals surface area contributed by atoms with E-state index in [1.165, 1.54) is 0 Å². The third-order valence-electron chi connectivity index (χ3n) is 3.47. The summed E-state index contributed by atoms with van der Waals surface area (Å²) < 4.78 is 0. The first-order valence-corrected chi connectivity index (χ1v) is 6.92. The van der Waals surface area contributed by atoms with Gasteiger partial charge in [0.05, 0.1) is 5.56 Å². The second-order valence-electron chi connectivity index (χ2n) is 5.69. The lowest BCUT2D eigenvalue weighted by Gasteiger charge is -2.27. The Bertz CT molecular complexity index is 440. The lowest BCUT2D eigenvalue weighted by Crippen LogP contribution is -2.36. The van der Waals surface area contributed by atoms with Gasteiger partial charge >= 0.3 is 0 Å². The van der Waals surface area contributed by atoms with Crippen molar-refractivity contribution in [2.75, 3.05) is 19.4 Å². The van der Waals surface area contributed by atoms with E-state index in [0.29, 0.717) is 5.92 Å². The van der Waals surface area contributed by atoms with Crippen LogP contribution in [0.4, 0.5) is 5.69 Å². The molecule has 1 atom stereocenters. The van der Waals surface area contributed by atoms with Crippen LogP contribution in [0.5, 0.6) is 0 Å². The third-order valence-corrected chi connectivity index (χ3v) is 3.47. The van der Waals surface area contributed by atoms with Crippen molar-refractivity contribution in [2.45, 2.75) is 40.2 Å². The van der Waals surface area contributed by atoms with Gasteiger partial charge in [-0.1, -0.05) is 19.9 Å². The lowest BCUT2D eigenvalue weighted by molar-refractivity contribution is 0.0729. The minimum atomic E-state index is 0.0810. The number of nitrogens with zero attached hydrogens (tertiary/aromatic N) is 1. The van der Waals surface area contributed by atoms with Gasteiger partial charge in [-0.15, -0.1) is 0 Å². The maximum absolute atomic E-state index is 12.5. The average Bonchev–Trinajstić information content (AvgIpc) is 2.36. The molecule has 0 aliphatic carbocycles. The SMILES string of the molecule is CNc1cc(C)ccc1C(=O)N(C)C(C)CC(C)C. The van der Waals surface area contributed by atoms with Crippen LogP contribution < -0.4 is 5.32 Å². The van der Waals surface area contributed by atoms with Gasteiger partial charge in [0.2, 0.25) is 0 Å². The molecule has 1 unspecified atom stereocenters. The Hall–Kier alpha value is -1.51. The summed E-state index contributed by atoms with van der Waals surface area (Å²) >= 11 is 0. The molecule has 106 valence electrons. The van der Waals surface area contributed by atoms with E-state index < -0.39 is 0 Å². The number of aryl methyl sites for hydroxylation is 1. The lowest BCUT2D eigenvalue weighted by atomic mass is 10.0. The Morgan fingerprint density at radius 1 is 1.32 bits per heavy atom. The number of carbonyl (C=O) groups is 1. The van der Waals surface area contributed by atoms with E-state index in [0.717, 1.165) is 23.2 Å². The van der Waals surface area contributed by atoms with Gasteiger partial charge in [-0.05, 0) is 43.9 Å². The van der Waals surface area contributed by atoms with Crippen LogP contribution in [-0.2, 0) is 0 Å². The van der Waals surface area contributed by atoms with Gasteiger partial charge in [0.1, 0.15) is 0 Å². The Morgan fingerprint density at radius 2 is 1.95 bits per heavy atom. The van der Waals surface area contributed by atoms with Gasteiger partial charge in [0.15, 0.2) is 0 Å². The average molecular weight is 262 g/mol. The van der Waals surface area contributed by atoms with Crippen molar-refractivity contribution in [3.05, 3.63) is 29.3 Å². The quantitative estimate of drug-likeness (QED) is 0.880. The molecular formula is C16H26N2O. The van der Waals surface area contributed by atoms with Crippen LogP contribution >= 0.6 is 0 Å². The van der Waals surface area contributed by atoms with Crippen LogP contribution in [0, 0.1) is 12.8 Å². The first kappa shape index (κ1) is 15.5. The van der Waals surface area contributed by atoms with E-state index in [9.17, 15) is 4.79 Å². The predicted molar refractivity (Wildman–Crippen MR) is 81.7 cm³/mol. The minimum absolute atomic E-state index is 0.0810. The van der Waals surface area contributed by atoms with Crippen LogP contribution in [0.2, 0.25) is 0 Å². The largest absolute Gasteiger partial charge is 0.387 e. The Kier molecular flexibility index (Phi) is 5.40. The molecule has 1 aromatic rings. The standard InChI is InChI=1S/C16H26N2O/c1-11(2)9-13(4)18(6)16(19)14-8-7-12(3)10-15(14)17-5/h7-8,10-11,13,17H,9H2,1-6H3. The van der Waals surface area contributed by atoms with E-state index in [1.807, 2.05) is 44.1 Å². The van der Waals surface area contributed by atoms with Crippen LogP contribution in [0.25, 0.3) is 0 Å². The molecule has 1 N–H and O–H groups in total. The fourth-order valence-corrected chi connectivity index (χ4v) is 2.28. The molecule has 0 fully saturated rings.